The first-order valence-corrected chi connectivity index (χ1v) is 6.32. The summed E-state index contributed by atoms with van der Waals surface area (Å²) in [4.78, 5) is 14.5. The maximum Gasteiger partial charge on any atom is 0.512 e. The van der Waals surface area contributed by atoms with Gasteiger partial charge in [0, 0.05) is 11.8 Å². The van der Waals surface area contributed by atoms with Crippen LogP contribution in [0.5, 0.6) is 5.88 Å². The van der Waals surface area contributed by atoms with E-state index < -0.39 is 6.16 Å². The number of hydrogen-bond acceptors (Lipinski definition) is 3. The minimum absolute atomic E-state index is 0.160. The van der Waals surface area contributed by atoms with Crippen LogP contribution in [0, 0.1) is 0 Å². The number of aromatic nitrogens is 1. The Labute approximate surface area is 117 Å². The molecule has 2 rings (SSSR count). The molecule has 0 saturated carbocycles. The molecule has 1 N–H and O–H groups in total. The normalized spacial score (nSPS) is 10.6. The lowest BCUT2D eigenvalue weighted by atomic mass is 10.1. The van der Waals surface area contributed by atoms with Crippen molar-refractivity contribution >= 4 is 12.2 Å². The van der Waals surface area contributed by atoms with Gasteiger partial charge in [0.1, 0.15) is 0 Å². The highest BCUT2D eigenvalue weighted by Gasteiger charge is 2.07. The molecule has 0 unspecified atom stereocenters. The molecule has 0 amide bonds. The molecule has 0 atom stereocenters. The van der Waals surface area contributed by atoms with E-state index in [0.717, 1.165) is 17.5 Å². The van der Waals surface area contributed by atoms with Crippen LogP contribution in [-0.4, -0.2) is 16.2 Å². The number of aryl methyl sites for hydroxylation is 1. The van der Waals surface area contributed by atoms with E-state index in [9.17, 15) is 4.79 Å². The van der Waals surface area contributed by atoms with Gasteiger partial charge < -0.3 is 9.84 Å². The Morgan fingerprint density at radius 2 is 2.00 bits per heavy atom. The molecule has 1 aromatic heterocycles. The summed E-state index contributed by atoms with van der Waals surface area (Å²) < 4.78 is 4.64. The van der Waals surface area contributed by atoms with Gasteiger partial charge in [-0.1, -0.05) is 48.6 Å². The molecule has 0 aliphatic rings. The third-order valence-corrected chi connectivity index (χ3v) is 2.72. The third kappa shape index (κ3) is 4.24. The number of carbonyl (C=O) groups is 1. The Morgan fingerprint density at radius 3 is 2.75 bits per heavy atom. The molecule has 1 aromatic carbocycles. The largest absolute Gasteiger partial charge is 0.512 e. The standard InChI is InChI=1S/C16H15NO3/c18-16(19)20-15-14(11-6-12-17-15)10-5-4-9-13-7-2-1-3-8-13/h1-4,6-9,11-12H,5,10H2,(H,18,19)/b9-4+. The molecule has 1 heterocycles. The number of pyridine rings is 1. The van der Waals surface area contributed by atoms with Crippen LogP contribution >= 0.6 is 0 Å². The van der Waals surface area contributed by atoms with Gasteiger partial charge in [0.2, 0.25) is 5.88 Å². The number of rotatable bonds is 5. The quantitative estimate of drug-likeness (QED) is 0.839. The molecule has 0 aliphatic carbocycles. The predicted molar refractivity (Wildman–Crippen MR) is 76.7 cm³/mol. The lowest BCUT2D eigenvalue weighted by Gasteiger charge is -2.04. The summed E-state index contributed by atoms with van der Waals surface area (Å²) in [5.74, 6) is 0.160. The smallest absolute Gasteiger partial charge is 0.449 e. The number of benzene rings is 1. The summed E-state index contributed by atoms with van der Waals surface area (Å²) in [6.45, 7) is 0. The molecule has 0 radical (unpaired) electrons. The average Bonchev–Trinajstić information content (AvgIpc) is 2.46. The van der Waals surface area contributed by atoms with Crippen LogP contribution in [0.3, 0.4) is 0 Å². The van der Waals surface area contributed by atoms with E-state index in [1.165, 1.54) is 6.20 Å². The van der Waals surface area contributed by atoms with Crippen molar-refractivity contribution in [2.45, 2.75) is 12.8 Å². The van der Waals surface area contributed by atoms with E-state index in [4.69, 9.17) is 5.11 Å². The summed E-state index contributed by atoms with van der Waals surface area (Å²) in [5.41, 5.74) is 1.92. The number of nitrogens with zero attached hydrogens (tertiary/aromatic N) is 1. The maximum absolute atomic E-state index is 10.6. The van der Waals surface area contributed by atoms with Crippen LogP contribution in [0.25, 0.3) is 6.08 Å². The monoisotopic (exact) mass is 269 g/mol. The van der Waals surface area contributed by atoms with Gasteiger partial charge in [-0.2, -0.15) is 0 Å². The number of carboxylic acid groups (broad SMARTS) is 1. The zero-order chi connectivity index (χ0) is 14.2. The molecule has 0 fully saturated rings. The van der Waals surface area contributed by atoms with Crippen LogP contribution in [0.15, 0.2) is 54.7 Å². The highest BCUT2D eigenvalue weighted by Crippen LogP contribution is 2.17. The van der Waals surface area contributed by atoms with Gasteiger partial charge in [0.15, 0.2) is 0 Å². The van der Waals surface area contributed by atoms with E-state index in [1.807, 2.05) is 48.6 Å². The molecular weight excluding hydrogens is 254 g/mol. The summed E-state index contributed by atoms with van der Waals surface area (Å²) in [7, 11) is 0. The van der Waals surface area contributed by atoms with Crippen LogP contribution in [0.1, 0.15) is 17.5 Å². The first-order chi connectivity index (χ1) is 9.75. The average molecular weight is 269 g/mol. The predicted octanol–water partition coefficient (Wildman–Crippen LogP) is 3.78. The van der Waals surface area contributed by atoms with Gasteiger partial charge in [-0.15, -0.1) is 0 Å². The number of allylic oxidation sites excluding steroid dienone is 1. The van der Waals surface area contributed by atoms with Crippen molar-refractivity contribution in [3.05, 3.63) is 65.9 Å². The fourth-order valence-electron chi connectivity index (χ4n) is 1.81. The van der Waals surface area contributed by atoms with Gasteiger partial charge in [0.05, 0.1) is 0 Å². The highest BCUT2D eigenvalue weighted by molar-refractivity contribution is 5.61. The lowest BCUT2D eigenvalue weighted by molar-refractivity contribution is 0.142. The Hall–Kier alpha value is -2.62. The van der Waals surface area contributed by atoms with Crippen LogP contribution in [-0.2, 0) is 6.42 Å². The van der Waals surface area contributed by atoms with Gasteiger partial charge in [-0.25, -0.2) is 9.78 Å². The van der Waals surface area contributed by atoms with Crippen molar-refractivity contribution in [2.75, 3.05) is 0 Å². The van der Waals surface area contributed by atoms with E-state index in [-0.39, 0.29) is 5.88 Å². The van der Waals surface area contributed by atoms with Gasteiger partial charge in [0.25, 0.3) is 0 Å². The SMILES string of the molecule is O=C(O)Oc1ncccc1CC/C=C/c1ccccc1. The minimum Gasteiger partial charge on any atom is -0.449 e. The Morgan fingerprint density at radius 1 is 1.20 bits per heavy atom. The second-order valence-corrected chi connectivity index (χ2v) is 4.19. The fraction of sp³-hybridized carbons (Fsp3) is 0.125. The van der Waals surface area contributed by atoms with E-state index in [2.05, 4.69) is 9.72 Å². The van der Waals surface area contributed by atoms with E-state index in [0.29, 0.717) is 6.42 Å². The summed E-state index contributed by atoms with van der Waals surface area (Å²) >= 11 is 0. The third-order valence-electron chi connectivity index (χ3n) is 2.72. The van der Waals surface area contributed by atoms with Crippen molar-refractivity contribution in [3.63, 3.8) is 0 Å². The van der Waals surface area contributed by atoms with Crippen LogP contribution < -0.4 is 4.74 Å². The molecule has 4 heteroatoms. The van der Waals surface area contributed by atoms with Gasteiger partial charge >= 0.3 is 6.16 Å². The summed E-state index contributed by atoms with van der Waals surface area (Å²) in [5, 5.41) is 8.64. The summed E-state index contributed by atoms with van der Waals surface area (Å²) in [6.07, 6.45) is 5.73. The first kappa shape index (κ1) is 13.8. The lowest BCUT2D eigenvalue weighted by Crippen LogP contribution is -2.06. The molecule has 0 aliphatic heterocycles. The second-order valence-electron chi connectivity index (χ2n) is 4.19. The van der Waals surface area contributed by atoms with Crippen molar-refractivity contribution < 1.29 is 14.6 Å². The zero-order valence-corrected chi connectivity index (χ0v) is 10.9. The Kier molecular flexibility index (Phi) is 4.89. The van der Waals surface area contributed by atoms with Crippen molar-refractivity contribution in [1.82, 2.24) is 4.98 Å². The van der Waals surface area contributed by atoms with Gasteiger partial charge in [-0.05, 0) is 24.5 Å². The van der Waals surface area contributed by atoms with Crippen molar-refractivity contribution in [3.8, 4) is 5.88 Å². The first-order valence-electron chi connectivity index (χ1n) is 6.32. The molecule has 0 bridgehead atoms. The summed E-state index contributed by atoms with van der Waals surface area (Å²) in [6, 6.07) is 13.6. The topological polar surface area (TPSA) is 59.4 Å². The maximum atomic E-state index is 10.6. The molecule has 4 nitrogen and oxygen atoms in total. The van der Waals surface area contributed by atoms with Crippen molar-refractivity contribution in [1.29, 1.82) is 0 Å². The molecule has 20 heavy (non-hydrogen) atoms. The Bertz CT molecular complexity index is 594. The molecule has 0 saturated heterocycles. The molecule has 0 spiro atoms. The Balaban J connectivity index is 1.94. The highest BCUT2D eigenvalue weighted by atomic mass is 16.7. The van der Waals surface area contributed by atoms with E-state index >= 15 is 0 Å². The van der Waals surface area contributed by atoms with Crippen molar-refractivity contribution in [2.24, 2.45) is 0 Å². The zero-order valence-electron chi connectivity index (χ0n) is 10.9. The molecule has 2 aromatic rings. The fourth-order valence-corrected chi connectivity index (χ4v) is 1.81. The number of hydrogen-bond donors (Lipinski definition) is 1. The molecular formula is C16H15NO3. The minimum atomic E-state index is -1.34. The number of ether oxygens (including phenoxy) is 1. The van der Waals surface area contributed by atoms with E-state index in [1.54, 1.807) is 6.07 Å². The molecule has 102 valence electrons. The second kappa shape index (κ2) is 7.09. The van der Waals surface area contributed by atoms with Gasteiger partial charge in [-0.3, -0.25) is 0 Å². The van der Waals surface area contributed by atoms with Crippen LogP contribution in [0.4, 0.5) is 4.79 Å². The van der Waals surface area contributed by atoms with Crippen LogP contribution in [0.2, 0.25) is 0 Å².